The third kappa shape index (κ3) is 3.63. The summed E-state index contributed by atoms with van der Waals surface area (Å²) in [6, 6.07) is 38.6. The molecular formula is C26H23N. The zero-order chi connectivity index (χ0) is 18.5. The standard InChI is InChI=1S/C26H23N/c1-2-21-12-11-13-22(20-21)25-18-9-10-19-26(25)27(23-14-5-3-6-15-23)24-16-7-4-8-17-24/h3-20H,2H2,1H3. The molecule has 27 heavy (non-hydrogen) atoms. The Labute approximate surface area is 161 Å². The second kappa shape index (κ2) is 7.92. The van der Waals surface area contributed by atoms with Crippen molar-refractivity contribution in [3.63, 3.8) is 0 Å². The summed E-state index contributed by atoms with van der Waals surface area (Å²) in [5.74, 6) is 0. The molecule has 0 fully saturated rings. The zero-order valence-corrected chi connectivity index (χ0v) is 15.5. The van der Waals surface area contributed by atoms with Gasteiger partial charge < -0.3 is 4.90 Å². The van der Waals surface area contributed by atoms with Gasteiger partial charge in [0.15, 0.2) is 0 Å². The first kappa shape index (κ1) is 17.1. The van der Waals surface area contributed by atoms with Crippen molar-refractivity contribution in [2.45, 2.75) is 13.3 Å². The number of benzene rings is 4. The average molecular weight is 349 g/mol. The van der Waals surface area contributed by atoms with Gasteiger partial charge in [-0.1, -0.05) is 85.8 Å². The Morgan fingerprint density at radius 3 is 1.81 bits per heavy atom. The van der Waals surface area contributed by atoms with Crippen molar-refractivity contribution in [2.24, 2.45) is 0 Å². The number of rotatable bonds is 5. The highest BCUT2D eigenvalue weighted by Crippen LogP contribution is 2.40. The summed E-state index contributed by atoms with van der Waals surface area (Å²) < 4.78 is 0. The normalized spacial score (nSPS) is 10.6. The van der Waals surface area contributed by atoms with E-state index in [-0.39, 0.29) is 0 Å². The Bertz CT molecular complexity index is 967. The molecule has 0 heterocycles. The van der Waals surface area contributed by atoms with Crippen LogP contribution in [0, 0.1) is 0 Å². The van der Waals surface area contributed by atoms with Crippen LogP contribution in [0.5, 0.6) is 0 Å². The van der Waals surface area contributed by atoms with Gasteiger partial charge in [0.1, 0.15) is 0 Å². The van der Waals surface area contributed by atoms with Crippen LogP contribution in [0.2, 0.25) is 0 Å². The second-order valence-corrected chi connectivity index (χ2v) is 6.58. The van der Waals surface area contributed by atoms with E-state index in [9.17, 15) is 0 Å². The molecule has 1 nitrogen and oxygen atoms in total. The third-order valence-electron chi connectivity index (χ3n) is 4.82. The van der Waals surface area contributed by atoms with Crippen LogP contribution in [0.25, 0.3) is 11.1 Å². The second-order valence-electron chi connectivity index (χ2n) is 6.58. The summed E-state index contributed by atoms with van der Waals surface area (Å²) in [5, 5.41) is 0. The molecule has 0 saturated heterocycles. The van der Waals surface area contributed by atoms with Gasteiger partial charge in [0.25, 0.3) is 0 Å². The Morgan fingerprint density at radius 1 is 0.593 bits per heavy atom. The van der Waals surface area contributed by atoms with Gasteiger partial charge in [-0.15, -0.1) is 0 Å². The van der Waals surface area contributed by atoms with E-state index < -0.39 is 0 Å². The lowest BCUT2D eigenvalue weighted by molar-refractivity contribution is 1.14. The molecule has 4 aromatic carbocycles. The Balaban J connectivity index is 1.91. The number of para-hydroxylation sites is 3. The molecule has 0 unspecified atom stereocenters. The number of hydrogen-bond donors (Lipinski definition) is 0. The fourth-order valence-electron chi connectivity index (χ4n) is 3.45. The van der Waals surface area contributed by atoms with E-state index in [0.717, 1.165) is 17.8 Å². The lowest BCUT2D eigenvalue weighted by Gasteiger charge is -2.27. The molecule has 0 spiro atoms. The van der Waals surface area contributed by atoms with Gasteiger partial charge >= 0.3 is 0 Å². The summed E-state index contributed by atoms with van der Waals surface area (Å²) in [7, 11) is 0. The van der Waals surface area contributed by atoms with E-state index in [1.165, 1.54) is 22.4 Å². The van der Waals surface area contributed by atoms with Crippen LogP contribution < -0.4 is 4.90 Å². The maximum atomic E-state index is 2.33. The highest BCUT2D eigenvalue weighted by atomic mass is 15.1. The van der Waals surface area contributed by atoms with Gasteiger partial charge in [0, 0.05) is 16.9 Å². The fraction of sp³-hybridized carbons (Fsp3) is 0.0769. The maximum absolute atomic E-state index is 2.33. The van der Waals surface area contributed by atoms with Crippen molar-refractivity contribution >= 4 is 17.1 Å². The Morgan fingerprint density at radius 2 is 1.19 bits per heavy atom. The van der Waals surface area contributed by atoms with E-state index >= 15 is 0 Å². The fourth-order valence-corrected chi connectivity index (χ4v) is 3.45. The SMILES string of the molecule is CCc1cccc(-c2ccccc2N(c2ccccc2)c2ccccc2)c1. The van der Waals surface area contributed by atoms with Gasteiger partial charge in [-0.25, -0.2) is 0 Å². The summed E-state index contributed by atoms with van der Waals surface area (Å²) in [5.41, 5.74) is 7.34. The molecule has 0 bridgehead atoms. The molecule has 0 aliphatic rings. The van der Waals surface area contributed by atoms with Crippen LogP contribution in [0.3, 0.4) is 0 Å². The molecule has 0 aromatic heterocycles. The van der Waals surface area contributed by atoms with Crippen molar-refractivity contribution in [1.29, 1.82) is 0 Å². The van der Waals surface area contributed by atoms with Gasteiger partial charge in [-0.2, -0.15) is 0 Å². The zero-order valence-electron chi connectivity index (χ0n) is 15.5. The summed E-state index contributed by atoms with van der Waals surface area (Å²) >= 11 is 0. The number of aryl methyl sites for hydroxylation is 1. The van der Waals surface area contributed by atoms with Crippen LogP contribution in [0.15, 0.2) is 109 Å². The van der Waals surface area contributed by atoms with Gasteiger partial charge in [-0.05, 0) is 47.9 Å². The van der Waals surface area contributed by atoms with Crippen molar-refractivity contribution < 1.29 is 0 Å². The Kier molecular flexibility index (Phi) is 5.02. The average Bonchev–Trinajstić information content (AvgIpc) is 2.76. The molecule has 0 amide bonds. The van der Waals surface area contributed by atoms with E-state index in [0.29, 0.717) is 0 Å². The highest BCUT2D eigenvalue weighted by molar-refractivity contribution is 5.88. The smallest absolute Gasteiger partial charge is 0.0540 e. The Hall–Kier alpha value is -3.32. The van der Waals surface area contributed by atoms with Crippen molar-refractivity contribution in [2.75, 3.05) is 4.90 Å². The van der Waals surface area contributed by atoms with E-state index in [4.69, 9.17) is 0 Å². The number of anilines is 3. The minimum atomic E-state index is 1.04. The molecule has 132 valence electrons. The molecule has 1 heteroatoms. The van der Waals surface area contributed by atoms with E-state index in [2.05, 4.69) is 121 Å². The molecule has 4 aromatic rings. The topological polar surface area (TPSA) is 3.24 Å². The molecule has 0 N–H and O–H groups in total. The minimum Gasteiger partial charge on any atom is -0.310 e. The quantitative estimate of drug-likeness (QED) is 0.363. The molecule has 0 aliphatic heterocycles. The van der Waals surface area contributed by atoms with Crippen molar-refractivity contribution in [3.8, 4) is 11.1 Å². The first-order chi connectivity index (χ1) is 13.4. The first-order valence-corrected chi connectivity index (χ1v) is 9.45. The molecule has 4 rings (SSSR count). The van der Waals surface area contributed by atoms with Crippen LogP contribution >= 0.6 is 0 Å². The lowest BCUT2D eigenvalue weighted by atomic mass is 9.99. The van der Waals surface area contributed by atoms with Crippen molar-refractivity contribution in [3.05, 3.63) is 115 Å². The first-order valence-electron chi connectivity index (χ1n) is 9.45. The molecule has 0 saturated carbocycles. The van der Waals surface area contributed by atoms with E-state index in [1.54, 1.807) is 0 Å². The maximum Gasteiger partial charge on any atom is 0.0540 e. The molecule has 0 aliphatic carbocycles. The number of nitrogens with zero attached hydrogens (tertiary/aromatic N) is 1. The summed E-state index contributed by atoms with van der Waals surface area (Å²) in [6.45, 7) is 2.20. The van der Waals surface area contributed by atoms with Gasteiger partial charge in [0.2, 0.25) is 0 Å². The van der Waals surface area contributed by atoms with Crippen LogP contribution in [-0.4, -0.2) is 0 Å². The van der Waals surface area contributed by atoms with Gasteiger partial charge in [-0.3, -0.25) is 0 Å². The highest BCUT2D eigenvalue weighted by Gasteiger charge is 2.16. The summed E-state index contributed by atoms with van der Waals surface area (Å²) in [6.07, 6.45) is 1.04. The van der Waals surface area contributed by atoms with Crippen LogP contribution in [0.1, 0.15) is 12.5 Å². The summed E-state index contributed by atoms with van der Waals surface area (Å²) in [4.78, 5) is 2.33. The predicted octanol–water partition coefficient (Wildman–Crippen LogP) is 7.39. The van der Waals surface area contributed by atoms with Crippen LogP contribution in [0.4, 0.5) is 17.1 Å². The number of hydrogen-bond acceptors (Lipinski definition) is 1. The van der Waals surface area contributed by atoms with Gasteiger partial charge in [0.05, 0.1) is 5.69 Å². The predicted molar refractivity (Wildman–Crippen MR) is 116 cm³/mol. The monoisotopic (exact) mass is 349 g/mol. The van der Waals surface area contributed by atoms with E-state index in [1.807, 2.05) is 0 Å². The minimum absolute atomic E-state index is 1.04. The lowest BCUT2D eigenvalue weighted by Crippen LogP contribution is -2.10. The van der Waals surface area contributed by atoms with Crippen molar-refractivity contribution in [1.82, 2.24) is 0 Å². The third-order valence-corrected chi connectivity index (χ3v) is 4.82. The largest absolute Gasteiger partial charge is 0.310 e. The molecule has 0 radical (unpaired) electrons. The molecule has 0 atom stereocenters. The molecular weight excluding hydrogens is 326 g/mol. The van der Waals surface area contributed by atoms with Crippen LogP contribution in [-0.2, 0) is 6.42 Å².